The topological polar surface area (TPSA) is 79.0 Å². The number of amides is 1. The fraction of sp³-hybridized carbons (Fsp3) is 0.435. The lowest BCUT2D eigenvalue weighted by Crippen LogP contribution is -2.47. The highest BCUT2D eigenvalue weighted by molar-refractivity contribution is 7.92. The van der Waals surface area contributed by atoms with Crippen LogP contribution in [0.1, 0.15) is 33.1 Å². The maximum atomic E-state index is 13.1. The van der Waals surface area contributed by atoms with Gasteiger partial charge in [-0.1, -0.05) is 6.92 Å². The van der Waals surface area contributed by atoms with Crippen molar-refractivity contribution in [2.24, 2.45) is 0 Å². The van der Waals surface area contributed by atoms with Gasteiger partial charge >= 0.3 is 0 Å². The van der Waals surface area contributed by atoms with Crippen LogP contribution in [0.5, 0.6) is 5.75 Å². The molecule has 2 aromatic rings. The second-order valence-corrected chi connectivity index (χ2v) is 9.50. The third kappa shape index (κ3) is 5.70. The van der Waals surface area contributed by atoms with Crippen molar-refractivity contribution < 1.29 is 17.9 Å². The predicted molar refractivity (Wildman–Crippen MR) is 126 cm³/mol. The van der Waals surface area contributed by atoms with Crippen molar-refractivity contribution >= 4 is 33.0 Å². The third-order valence-corrected chi connectivity index (χ3v) is 6.52. The molecular formula is C23H31N3O4S. The van der Waals surface area contributed by atoms with Gasteiger partial charge < -0.3 is 15.0 Å². The van der Waals surface area contributed by atoms with Gasteiger partial charge in [-0.3, -0.25) is 9.10 Å². The summed E-state index contributed by atoms with van der Waals surface area (Å²) in [7, 11) is -3.68. The first-order valence-electron chi connectivity index (χ1n) is 10.7. The SMILES string of the molecule is CCOc1ccc(N([C@H](CC)C(=O)Nc2ccc(N3CCCC3)cc2)S(C)(=O)=O)cc1. The summed E-state index contributed by atoms with van der Waals surface area (Å²) in [5.41, 5.74) is 2.21. The Bertz CT molecular complexity index is 969. The summed E-state index contributed by atoms with van der Waals surface area (Å²) in [6.07, 6.45) is 3.84. The fourth-order valence-corrected chi connectivity index (χ4v) is 5.08. The lowest BCUT2D eigenvalue weighted by atomic mass is 10.1. The van der Waals surface area contributed by atoms with E-state index in [-0.39, 0.29) is 5.91 Å². The maximum absolute atomic E-state index is 13.1. The minimum Gasteiger partial charge on any atom is -0.494 e. The fourth-order valence-electron chi connectivity index (χ4n) is 3.87. The smallest absolute Gasteiger partial charge is 0.248 e. The molecule has 0 unspecified atom stereocenters. The monoisotopic (exact) mass is 445 g/mol. The Morgan fingerprint density at radius 2 is 1.68 bits per heavy atom. The molecule has 3 rings (SSSR count). The summed E-state index contributed by atoms with van der Waals surface area (Å²) in [5.74, 6) is 0.283. The second-order valence-electron chi connectivity index (χ2n) is 7.64. The van der Waals surface area contributed by atoms with Crippen molar-refractivity contribution in [1.29, 1.82) is 0 Å². The molecule has 0 radical (unpaired) electrons. The Labute approximate surface area is 185 Å². The minimum absolute atomic E-state index is 0.331. The van der Waals surface area contributed by atoms with Crippen molar-refractivity contribution in [3.63, 3.8) is 0 Å². The predicted octanol–water partition coefficient (Wildman–Crippen LogP) is 3.87. The van der Waals surface area contributed by atoms with Gasteiger partial charge in [0.1, 0.15) is 11.8 Å². The molecule has 1 amide bonds. The van der Waals surface area contributed by atoms with Crippen LogP contribution in [-0.2, 0) is 14.8 Å². The Balaban J connectivity index is 1.78. The van der Waals surface area contributed by atoms with E-state index >= 15 is 0 Å². The summed E-state index contributed by atoms with van der Waals surface area (Å²) in [6, 6.07) is 13.6. The minimum atomic E-state index is -3.68. The van der Waals surface area contributed by atoms with Crippen LogP contribution < -0.4 is 19.3 Å². The Kier molecular flexibility index (Phi) is 7.43. The summed E-state index contributed by atoms with van der Waals surface area (Å²) in [6.45, 7) is 6.30. The van der Waals surface area contributed by atoms with Gasteiger partial charge in [0.25, 0.3) is 0 Å². The second kappa shape index (κ2) is 10.0. The lowest BCUT2D eigenvalue weighted by Gasteiger charge is -2.30. The largest absolute Gasteiger partial charge is 0.494 e. The van der Waals surface area contributed by atoms with Crippen molar-refractivity contribution in [3.05, 3.63) is 48.5 Å². The van der Waals surface area contributed by atoms with Crippen LogP contribution in [0.4, 0.5) is 17.1 Å². The van der Waals surface area contributed by atoms with E-state index in [1.54, 1.807) is 31.2 Å². The number of anilines is 3. The maximum Gasteiger partial charge on any atom is 0.248 e. The van der Waals surface area contributed by atoms with Crippen LogP contribution in [0, 0.1) is 0 Å². The normalized spacial score (nSPS) is 14.9. The summed E-state index contributed by atoms with van der Waals surface area (Å²) in [4.78, 5) is 15.4. The van der Waals surface area contributed by atoms with Gasteiger partial charge in [-0.2, -0.15) is 0 Å². The van der Waals surface area contributed by atoms with Crippen molar-refractivity contribution in [2.45, 2.75) is 39.2 Å². The van der Waals surface area contributed by atoms with E-state index < -0.39 is 16.1 Å². The molecule has 1 saturated heterocycles. The summed E-state index contributed by atoms with van der Waals surface area (Å²) in [5, 5.41) is 2.88. The molecule has 0 bridgehead atoms. The van der Waals surface area contributed by atoms with Crippen LogP contribution in [0.3, 0.4) is 0 Å². The first-order chi connectivity index (χ1) is 14.8. The molecule has 0 spiro atoms. The standard InChI is InChI=1S/C23H31N3O4S/c1-4-22(26(31(3,28)29)20-12-14-21(15-13-20)30-5-2)23(27)24-18-8-10-19(11-9-18)25-16-6-7-17-25/h8-15,22H,4-7,16-17H2,1-3H3,(H,24,27)/t22-/m1/s1. The highest BCUT2D eigenvalue weighted by atomic mass is 32.2. The zero-order valence-corrected chi connectivity index (χ0v) is 19.2. The number of sulfonamides is 1. The molecule has 168 valence electrons. The molecule has 31 heavy (non-hydrogen) atoms. The van der Waals surface area contributed by atoms with Crippen LogP contribution in [0.2, 0.25) is 0 Å². The average Bonchev–Trinajstić information content (AvgIpc) is 3.27. The highest BCUT2D eigenvalue weighted by Crippen LogP contribution is 2.27. The molecule has 1 fully saturated rings. The molecule has 1 aliphatic rings. The van der Waals surface area contributed by atoms with Crippen molar-refractivity contribution in [3.8, 4) is 5.75 Å². The summed E-state index contributed by atoms with van der Waals surface area (Å²) >= 11 is 0. The van der Waals surface area contributed by atoms with Gasteiger partial charge in [-0.05, 0) is 74.7 Å². The van der Waals surface area contributed by atoms with Crippen molar-refractivity contribution in [1.82, 2.24) is 0 Å². The molecule has 1 N–H and O–H groups in total. The Hall–Kier alpha value is -2.74. The van der Waals surface area contributed by atoms with Crippen molar-refractivity contribution in [2.75, 3.05) is 40.5 Å². The van der Waals surface area contributed by atoms with E-state index in [0.29, 0.717) is 30.2 Å². The van der Waals surface area contributed by atoms with Gasteiger partial charge in [0.05, 0.1) is 18.6 Å². The zero-order chi connectivity index (χ0) is 22.4. The van der Waals surface area contributed by atoms with E-state index in [4.69, 9.17) is 4.74 Å². The van der Waals surface area contributed by atoms with Gasteiger partial charge in [0.2, 0.25) is 15.9 Å². The first kappa shape index (κ1) is 22.9. The molecule has 0 aliphatic carbocycles. The Morgan fingerprint density at radius 3 is 2.19 bits per heavy atom. The van der Waals surface area contributed by atoms with Crippen LogP contribution in [0.15, 0.2) is 48.5 Å². The number of hydrogen-bond acceptors (Lipinski definition) is 5. The molecule has 1 atom stereocenters. The van der Waals surface area contributed by atoms with E-state index in [1.165, 1.54) is 17.1 Å². The van der Waals surface area contributed by atoms with Crippen LogP contribution >= 0.6 is 0 Å². The Morgan fingerprint density at radius 1 is 1.06 bits per heavy atom. The molecule has 0 aromatic heterocycles. The molecule has 7 nitrogen and oxygen atoms in total. The first-order valence-corrected chi connectivity index (χ1v) is 12.6. The summed E-state index contributed by atoms with van der Waals surface area (Å²) < 4.78 is 31.8. The molecule has 2 aromatic carbocycles. The molecular weight excluding hydrogens is 414 g/mol. The number of rotatable bonds is 9. The number of carbonyl (C=O) groups excluding carboxylic acids is 1. The highest BCUT2D eigenvalue weighted by Gasteiger charge is 2.31. The number of nitrogens with zero attached hydrogens (tertiary/aromatic N) is 2. The van der Waals surface area contributed by atoms with Crippen LogP contribution in [-0.4, -0.2) is 46.3 Å². The van der Waals surface area contributed by atoms with E-state index in [9.17, 15) is 13.2 Å². The number of ether oxygens (including phenoxy) is 1. The molecule has 1 aliphatic heterocycles. The number of nitrogens with one attached hydrogen (secondary N) is 1. The molecule has 8 heteroatoms. The molecule has 0 saturated carbocycles. The van der Waals surface area contributed by atoms with Gasteiger partial charge in [0.15, 0.2) is 0 Å². The van der Waals surface area contributed by atoms with E-state index in [2.05, 4.69) is 10.2 Å². The lowest BCUT2D eigenvalue weighted by molar-refractivity contribution is -0.117. The quantitative estimate of drug-likeness (QED) is 0.634. The van der Waals surface area contributed by atoms with Crippen LogP contribution in [0.25, 0.3) is 0 Å². The average molecular weight is 446 g/mol. The third-order valence-electron chi connectivity index (χ3n) is 5.34. The van der Waals surface area contributed by atoms with Gasteiger partial charge in [-0.15, -0.1) is 0 Å². The number of benzene rings is 2. The van der Waals surface area contributed by atoms with E-state index in [1.807, 2.05) is 31.2 Å². The number of hydrogen-bond donors (Lipinski definition) is 1. The van der Waals surface area contributed by atoms with E-state index in [0.717, 1.165) is 25.0 Å². The van der Waals surface area contributed by atoms with Gasteiger partial charge in [0, 0.05) is 24.5 Å². The van der Waals surface area contributed by atoms with Gasteiger partial charge in [-0.25, -0.2) is 8.42 Å². The number of carbonyl (C=O) groups is 1. The zero-order valence-electron chi connectivity index (χ0n) is 18.4. The molecule has 1 heterocycles.